The number of hydrogen-bond acceptors (Lipinski definition) is 3. The van der Waals surface area contributed by atoms with Gasteiger partial charge in [-0.15, -0.1) is 0 Å². The first-order valence-corrected chi connectivity index (χ1v) is 7.81. The summed E-state index contributed by atoms with van der Waals surface area (Å²) in [7, 11) is 0. The molecular formula is C20H22O4. The Labute approximate surface area is 142 Å². The molecule has 0 bridgehead atoms. The molecule has 24 heavy (non-hydrogen) atoms. The number of carbonyl (C=O) groups is 1. The Bertz CT molecular complexity index is 738. The van der Waals surface area contributed by atoms with Crippen LogP contribution < -0.4 is 4.74 Å². The average Bonchev–Trinajstić information content (AvgIpc) is 2.72. The van der Waals surface area contributed by atoms with Crippen molar-refractivity contribution in [2.75, 3.05) is 6.61 Å². The van der Waals surface area contributed by atoms with Crippen molar-refractivity contribution in [3.63, 3.8) is 0 Å². The molecule has 0 atom stereocenters. The minimum absolute atomic E-state index is 0.0472. The highest BCUT2D eigenvalue weighted by Crippen LogP contribution is 2.38. The smallest absolute Gasteiger partial charge is 0.339 e. The van der Waals surface area contributed by atoms with Crippen molar-refractivity contribution in [3.05, 3.63) is 71.4 Å². The van der Waals surface area contributed by atoms with E-state index in [1.54, 1.807) is 18.2 Å². The van der Waals surface area contributed by atoms with Gasteiger partial charge in [0.05, 0.1) is 0 Å². The Kier molecular flexibility index (Phi) is 5.64. The van der Waals surface area contributed by atoms with Crippen LogP contribution in [0.3, 0.4) is 0 Å². The standard InChI is InChI=1S/C20H22O4/c1-4-6-14(5-2)7-8-15-12-17-16(11-13(3)9-10-24-17)19(21)18(15)20(22)23/h4-6,9,12,21H,1-2,7-8,10-11H2,3H3,(H,22,23)/b14-6+. The van der Waals surface area contributed by atoms with E-state index in [-0.39, 0.29) is 11.3 Å². The van der Waals surface area contributed by atoms with Crippen LogP contribution in [0.5, 0.6) is 11.5 Å². The fourth-order valence-corrected chi connectivity index (χ4v) is 2.78. The van der Waals surface area contributed by atoms with Gasteiger partial charge in [0.15, 0.2) is 0 Å². The summed E-state index contributed by atoms with van der Waals surface area (Å²) in [6.07, 6.45) is 8.70. The molecule has 2 rings (SSSR count). The summed E-state index contributed by atoms with van der Waals surface area (Å²) in [6.45, 7) is 9.75. The summed E-state index contributed by atoms with van der Waals surface area (Å²) in [5.41, 5.74) is 3.03. The second-order valence-electron chi connectivity index (χ2n) is 5.76. The van der Waals surface area contributed by atoms with Crippen LogP contribution in [-0.2, 0) is 12.8 Å². The number of carboxylic acid groups (broad SMARTS) is 1. The number of rotatable bonds is 6. The van der Waals surface area contributed by atoms with Crippen molar-refractivity contribution >= 4 is 5.97 Å². The number of aromatic hydroxyl groups is 1. The minimum atomic E-state index is -1.14. The van der Waals surface area contributed by atoms with Gasteiger partial charge in [0, 0.05) is 12.0 Å². The highest BCUT2D eigenvalue weighted by molar-refractivity contribution is 5.93. The van der Waals surface area contributed by atoms with Crippen LogP contribution in [0.1, 0.15) is 34.8 Å². The molecule has 1 aromatic carbocycles. The molecule has 4 heteroatoms. The molecule has 1 heterocycles. The van der Waals surface area contributed by atoms with E-state index in [1.807, 2.05) is 19.1 Å². The molecule has 1 aliphatic rings. The maximum absolute atomic E-state index is 11.7. The second-order valence-corrected chi connectivity index (χ2v) is 5.76. The van der Waals surface area contributed by atoms with Crippen molar-refractivity contribution in [1.29, 1.82) is 0 Å². The molecule has 0 saturated carbocycles. The maximum Gasteiger partial charge on any atom is 0.339 e. The highest BCUT2D eigenvalue weighted by atomic mass is 16.5. The minimum Gasteiger partial charge on any atom is -0.507 e. The molecule has 2 N–H and O–H groups in total. The van der Waals surface area contributed by atoms with E-state index in [0.29, 0.717) is 42.7 Å². The van der Waals surface area contributed by atoms with Crippen LogP contribution in [0.15, 0.2) is 54.7 Å². The number of aryl methyl sites for hydroxylation is 1. The molecule has 0 spiro atoms. The molecule has 0 amide bonds. The number of phenols is 1. The number of ether oxygens (including phenoxy) is 1. The van der Waals surface area contributed by atoms with E-state index < -0.39 is 5.97 Å². The molecule has 0 unspecified atom stereocenters. The first-order chi connectivity index (χ1) is 11.5. The third kappa shape index (κ3) is 3.77. The molecule has 1 aromatic rings. The predicted octanol–water partition coefficient (Wildman–Crippen LogP) is 4.20. The van der Waals surface area contributed by atoms with Crippen LogP contribution in [0.2, 0.25) is 0 Å². The van der Waals surface area contributed by atoms with Gasteiger partial charge >= 0.3 is 5.97 Å². The van der Waals surface area contributed by atoms with E-state index in [9.17, 15) is 15.0 Å². The van der Waals surface area contributed by atoms with Crippen molar-refractivity contribution in [3.8, 4) is 11.5 Å². The number of hydrogen-bond donors (Lipinski definition) is 2. The highest BCUT2D eigenvalue weighted by Gasteiger charge is 2.24. The number of carboxylic acids is 1. The Morgan fingerprint density at radius 1 is 1.42 bits per heavy atom. The Morgan fingerprint density at radius 3 is 2.79 bits per heavy atom. The average molecular weight is 326 g/mol. The molecule has 0 aromatic heterocycles. The fourth-order valence-electron chi connectivity index (χ4n) is 2.78. The van der Waals surface area contributed by atoms with Gasteiger partial charge in [-0.1, -0.05) is 37.0 Å². The third-order valence-corrected chi connectivity index (χ3v) is 4.06. The van der Waals surface area contributed by atoms with Gasteiger partial charge in [-0.3, -0.25) is 0 Å². The lowest BCUT2D eigenvalue weighted by atomic mass is 9.93. The Hall–Kier alpha value is -2.75. The number of benzene rings is 1. The zero-order valence-electron chi connectivity index (χ0n) is 13.8. The molecule has 0 aliphatic carbocycles. The van der Waals surface area contributed by atoms with Crippen LogP contribution in [-0.4, -0.2) is 22.8 Å². The lowest BCUT2D eigenvalue weighted by Gasteiger charge is -2.16. The molecule has 126 valence electrons. The normalized spacial score (nSPS) is 14.0. The van der Waals surface area contributed by atoms with E-state index in [2.05, 4.69) is 13.2 Å². The van der Waals surface area contributed by atoms with E-state index in [4.69, 9.17) is 4.74 Å². The monoisotopic (exact) mass is 326 g/mol. The fraction of sp³-hybridized carbons (Fsp3) is 0.250. The molecular weight excluding hydrogens is 304 g/mol. The summed E-state index contributed by atoms with van der Waals surface area (Å²) < 4.78 is 5.68. The zero-order chi connectivity index (χ0) is 17.7. The van der Waals surface area contributed by atoms with Crippen LogP contribution in [0, 0.1) is 0 Å². The largest absolute Gasteiger partial charge is 0.507 e. The lowest BCUT2D eigenvalue weighted by Crippen LogP contribution is -2.07. The quantitative estimate of drug-likeness (QED) is 0.607. The molecule has 0 radical (unpaired) electrons. The van der Waals surface area contributed by atoms with Crippen molar-refractivity contribution in [2.24, 2.45) is 0 Å². The van der Waals surface area contributed by atoms with E-state index >= 15 is 0 Å². The first-order valence-electron chi connectivity index (χ1n) is 7.81. The molecule has 4 nitrogen and oxygen atoms in total. The summed E-state index contributed by atoms with van der Waals surface area (Å²) in [4.78, 5) is 11.7. The SMILES string of the molecule is C=C/C=C(\C=C)CCc1cc2c(c(O)c1C(=O)O)CC(C)=CCO2. The topological polar surface area (TPSA) is 66.8 Å². The summed E-state index contributed by atoms with van der Waals surface area (Å²) >= 11 is 0. The number of aromatic carboxylic acids is 1. The van der Waals surface area contributed by atoms with Gasteiger partial charge in [-0.05, 0) is 43.0 Å². The molecule has 0 saturated heterocycles. The van der Waals surface area contributed by atoms with E-state index in [1.165, 1.54) is 0 Å². The second kappa shape index (κ2) is 7.68. The van der Waals surface area contributed by atoms with Gasteiger partial charge in [0.1, 0.15) is 23.7 Å². The van der Waals surface area contributed by atoms with Gasteiger partial charge in [0.25, 0.3) is 0 Å². The summed E-state index contributed by atoms with van der Waals surface area (Å²) in [5, 5.41) is 20.1. The van der Waals surface area contributed by atoms with Gasteiger partial charge < -0.3 is 14.9 Å². The Balaban J connectivity index is 2.45. The van der Waals surface area contributed by atoms with Crippen LogP contribution in [0.4, 0.5) is 0 Å². The Morgan fingerprint density at radius 2 is 2.17 bits per heavy atom. The van der Waals surface area contributed by atoms with Crippen molar-refractivity contribution in [2.45, 2.75) is 26.2 Å². The lowest BCUT2D eigenvalue weighted by molar-refractivity contribution is 0.0692. The predicted molar refractivity (Wildman–Crippen MR) is 94.8 cm³/mol. The summed E-state index contributed by atoms with van der Waals surface area (Å²) in [6, 6.07) is 1.74. The molecule has 0 fully saturated rings. The van der Waals surface area contributed by atoms with Gasteiger partial charge in [0.2, 0.25) is 0 Å². The van der Waals surface area contributed by atoms with E-state index in [0.717, 1.165) is 11.1 Å². The first kappa shape index (κ1) is 17.6. The third-order valence-electron chi connectivity index (χ3n) is 4.06. The number of fused-ring (bicyclic) bond motifs is 1. The van der Waals surface area contributed by atoms with Gasteiger partial charge in [-0.25, -0.2) is 4.79 Å². The maximum atomic E-state index is 11.7. The summed E-state index contributed by atoms with van der Waals surface area (Å²) in [5.74, 6) is -0.782. The molecule has 1 aliphatic heterocycles. The number of allylic oxidation sites excluding steroid dienone is 5. The van der Waals surface area contributed by atoms with Crippen molar-refractivity contribution < 1.29 is 19.7 Å². The van der Waals surface area contributed by atoms with Crippen LogP contribution in [0.25, 0.3) is 0 Å². The zero-order valence-corrected chi connectivity index (χ0v) is 13.8. The van der Waals surface area contributed by atoms with Crippen molar-refractivity contribution in [1.82, 2.24) is 0 Å². The van der Waals surface area contributed by atoms with Crippen LogP contribution >= 0.6 is 0 Å². The van der Waals surface area contributed by atoms with Gasteiger partial charge in [-0.2, -0.15) is 0 Å².